The van der Waals surface area contributed by atoms with E-state index in [9.17, 15) is 4.79 Å². The molecule has 1 aliphatic rings. The van der Waals surface area contributed by atoms with Gasteiger partial charge in [0.1, 0.15) is 0 Å². The van der Waals surface area contributed by atoms with E-state index in [4.69, 9.17) is 0 Å². The molecule has 2 N–H and O–H groups in total. The van der Waals surface area contributed by atoms with Crippen LogP contribution in [0.4, 0.5) is 0 Å². The minimum atomic E-state index is 0.141. The Labute approximate surface area is 149 Å². The normalized spacial score (nSPS) is 16.5. The summed E-state index contributed by atoms with van der Waals surface area (Å²) in [7, 11) is 0. The highest BCUT2D eigenvalue weighted by atomic mass is 16.1. The Morgan fingerprint density at radius 3 is 2.80 bits per heavy atom. The fourth-order valence-electron chi connectivity index (χ4n) is 3.50. The average Bonchev–Trinajstić information content (AvgIpc) is 3.09. The average molecular weight is 340 g/mol. The Balaban J connectivity index is 1.43. The molecule has 3 rings (SSSR count). The van der Waals surface area contributed by atoms with Gasteiger partial charge >= 0.3 is 0 Å². The van der Waals surface area contributed by atoms with Crippen molar-refractivity contribution in [3.8, 4) is 0 Å². The number of amides is 1. The molecule has 5 nitrogen and oxygen atoms in total. The van der Waals surface area contributed by atoms with Crippen LogP contribution < -0.4 is 10.6 Å². The van der Waals surface area contributed by atoms with Gasteiger partial charge in [-0.25, -0.2) is 0 Å². The monoisotopic (exact) mass is 340 g/mol. The highest BCUT2D eigenvalue weighted by Crippen LogP contribution is 2.24. The van der Waals surface area contributed by atoms with Crippen LogP contribution in [0.2, 0.25) is 0 Å². The van der Waals surface area contributed by atoms with Crippen molar-refractivity contribution in [1.29, 1.82) is 0 Å². The second kappa shape index (κ2) is 8.81. The number of piperidine rings is 1. The summed E-state index contributed by atoms with van der Waals surface area (Å²) < 4.78 is 1.91. The zero-order valence-electron chi connectivity index (χ0n) is 14.9. The number of hydrogen-bond donors (Lipinski definition) is 2. The molecule has 2 heterocycles. The lowest BCUT2D eigenvalue weighted by molar-refractivity contribution is -0.122. The molecule has 1 atom stereocenters. The number of rotatable bonds is 7. The van der Waals surface area contributed by atoms with Crippen LogP contribution >= 0.6 is 0 Å². The summed E-state index contributed by atoms with van der Waals surface area (Å²) in [6.07, 6.45) is 6.81. The molecule has 1 aliphatic heterocycles. The number of hydrogen-bond acceptors (Lipinski definition) is 3. The largest absolute Gasteiger partial charge is 0.352 e. The Morgan fingerprint density at radius 2 is 2.04 bits per heavy atom. The number of nitrogens with zero attached hydrogens (tertiary/aromatic N) is 2. The molecule has 1 fully saturated rings. The van der Waals surface area contributed by atoms with Crippen LogP contribution in [-0.2, 0) is 17.9 Å². The van der Waals surface area contributed by atoms with E-state index < -0.39 is 0 Å². The number of carbonyl (C=O) groups is 1. The van der Waals surface area contributed by atoms with Gasteiger partial charge in [-0.05, 0) is 43.3 Å². The van der Waals surface area contributed by atoms with E-state index >= 15 is 0 Å². The first-order chi connectivity index (χ1) is 12.2. The third-order valence-corrected chi connectivity index (χ3v) is 5.06. The van der Waals surface area contributed by atoms with Crippen LogP contribution in [0.3, 0.4) is 0 Å². The molecular formula is C20H28N4O. The van der Waals surface area contributed by atoms with Gasteiger partial charge in [-0.1, -0.05) is 37.3 Å². The van der Waals surface area contributed by atoms with Gasteiger partial charge in [0.2, 0.25) is 5.91 Å². The quantitative estimate of drug-likeness (QED) is 0.814. The summed E-state index contributed by atoms with van der Waals surface area (Å²) in [6.45, 7) is 5.66. The van der Waals surface area contributed by atoms with E-state index in [-0.39, 0.29) is 5.91 Å². The minimum Gasteiger partial charge on any atom is -0.352 e. The first kappa shape index (κ1) is 17.7. The Bertz CT molecular complexity index is 661. The molecule has 1 aromatic carbocycles. The van der Waals surface area contributed by atoms with Gasteiger partial charge in [-0.15, -0.1) is 0 Å². The summed E-state index contributed by atoms with van der Waals surface area (Å²) in [5.74, 6) is 1.25. The van der Waals surface area contributed by atoms with Crippen LogP contribution in [0.15, 0.2) is 42.7 Å². The van der Waals surface area contributed by atoms with Gasteiger partial charge in [-0.3, -0.25) is 9.48 Å². The lowest BCUT2D eigenvalue weighted by Gasteiger charge is -2.27. The van der Waals surface area contributed by atoms with Crippen molar-refractivity contribution in [1.82, 2.24) is 20.4 Å². The maximum absolute atomic E-state index is 12.2. The molecular weight excluding hydrogens is 312 g/mol. The smallest absolute Gasteiger partial charge is 0.220 e. The third kappa shape index (κ3) is 5.43. The number of benzene rings is 1. The Morgan fingerprint density at radius 1 is 1.28 bits per heavy atom. The number of nitrogens with one attached hydrogen (secondary N) is 2. The molecule has 1 saturated heterocycles. The van der Waals surface area contributed by atoms with Crippen LogP contribution in [-0.4, -0.2) is 28.8 Å². The predicted molar refractivity (Wildman–Crippen MR) is 99.0 cm³/mol. The molecule has 0 saturated carbocycles. The minimum absolute atomic E-state index is 0.141. The maximum Gasteiger partial charge on any atom is 0.220 e. The summed E-state index contributed by atoms with van der Waals surface area (Å²) in [6, 6.07) is 10.3. The maximum atomic E-state index is 12.2. The fraction of sp³-hybridized carbons (Fsp3) is 0.500. The van der Waals surface area contributed by atoms with Crippen molar-refractivity contribution >= 4 is 5.91 Å². The van der Waals surface area contributed by atoms with Gasteiger partial charge in [0.25, 0.3) is 0 Å². The summed E-state index contributed by atoms with van der Waals surface area (Å²) in [4.78, 5) is 12.2. The lowest BCUT2D eigenvalue weighted by atomic mass is 9.84. The Hall–Kier alpha value is -2.14. The van der Waals surface area contributed by atoms with Crippen LogP contribution in [0.5, 0.6) is 0 Å². The predicted octanol–water partition coefficient (Wildman–Crippen LogP) is 2.57. The Kier molecular flexibility index (Phi) is 6.23. The molecule has 1 amide bonds. The molecule has 1 unspecified atom stereocenters. The molecule has 25 heavy (non-hydrogen) atoms. The topological polar surface area (TPSA) is 59.0 Å². The van der Waals surface area contributed by atoms with Gasteiger partial charge in [0.15, 0.2) is 0 Å². The fourth-order valence-corrected chi connectivity index (χ4v) is 3.50. The summed E-state index contributed by atoms with van der Waals surface area (Å²) >= 11 is 0. The van der Waals surface area contributed by atoms with Crippen molar-refractivity contribution in [3.05, 3.63) is 53.9 Å². The third-order valence-electron chi connectivity index (χ3n) is 5.06. The summed E-state index contributed by atoms with van der Waals surface area (Å²) in [5.41, 5.74) is 2.26. The second-order valence-electron chi connectivity index (χ2n) is 7.08. The van der Waals surface area contributed by atoms with Crippen molar-refractivity contribution in [3.63, 3.8) is 0 Å². The molecule has 134 valence electrons. The molecule has 5 heteroatoms. The van der Waals surface area contributed by atoms with E-state index in [1.807, 2.05) is 35.3 Å². The van der Waals surface area contributed by atoms with E-state index in [0.29, 0.717) is 24.8 Å². The number of aromatic nitrogens is 2. The second-order valence-corrected chi connectivity index (χ2v) is 7.08. The van der Waals surface area contributed by atoms with Crippen LogP contribution in [0, 0.1) is 11.8 Å². The summed E-state index contributed by atoms with van der Waals surface area (Å²) in [5, 5.41) is 10.8. The standard InChI is InChI=1S/C20H28N4O/c1-16(19-7-9-21-10-8-19)11-20(25)22-12-18-13-23-24(15-18)14-17-5-3-2-4-6-17/h2-6,13,15-16,19,21H,7-12,14H2,1H3,(H,22,25). The van der Waals surface area contributed by atoms with E-state index in [2.05, 4.69) is 34.8 Å². The van der Waals surface area contributed by atoms with Crippen molar-refractivity contribution < 1.29 is 4.79 Å². The van der Waals surface area contributed by atoms with Crippen molar-refractivity contribution in [2.45, 2.75) is 39.3 Å². The molecule has 0 bridgehead atoms. The van der Waals surface area contributed by atoms with Gasteiger partial charge < -0.3 is 10.6 Å². The van der Waals surface area contributed by atoms with Crippen LogP contribution in [0.1, 0.15) is 37.3 Å². The SMILES string of the molecule is CC(CC(=O)NCc1cnn(Cc2ccccc2)c1)C1CCNCC1. The molecule has 0 spiro atoms. The first-order valence-electron chi connectivity index (χ1n) is 9.23. The highest BCUT2D eigenvalue weighted by molar-refractivity contribution is 5.76. The first-order valence-corrected chi connectivity index (χ1v) is 9.23. The van der Waals surface area contributed by atoms with Gasteiger partial charge in [0, 0.05) is 24.7 Å². The van der Waals surface area contributed by atoms with Crippen molar-refractivity contribution in [2.75, 3.05) is 13.1 Å². The molecule has 2 aromatic rings. The van der Waals surface area contributed by atoms with Crippen LogP contribution in [0.25, 0.3) is 0 Å². The molecule has 0 aliphatic carbocycles. The van der Waals surface area contributed by atoms with Gasteiger partial charge in [0.05, 0.1) is 12.7 Å². The van der Waals surface area contributed by atoms with E-state index in [1.165, 1.54) is 18.4 Å². The van der Waals surface area contributed by atoms with E-state index in [1.54, 1.807) is 0 Å². The van der Waals surface area contributed by atoms with Crippen molar-refractivity contribution in [2.24, 2.45) is 11.8 Å². The zero-order chi connectivity index (χ0) is 17.5. The van der Waals surface area contributed by atoms with E-state index in [0.717, 1.165) is 25.2 Å². The zero-order valence-corrected chi connectivity index (χ0v) is 14.9. The molecule has 1 aromatic heterocycles. The van der Waals surface area contributed by atoms with Gasteiger partial charge in [-0.2, -0.15) is 5.10 Å². The number of carbonyl (C=O) groups excluding carboxylic acids is 1. The molecule has 0 radical (unpaired) electrons. The highest BCUT2D eigenvalue weighted by Gasteiger charge is 2.21. The lowest BCUT2D eigenvalue weighted by Crippen LogP contribution is -2.33.